The van der Waals surface area contributed by atoms with Crippen molar-refractivity contribution >= 4 is 11.3 Å². The molecule has 0 radical (unpaired) electrons. The average molecular weight is 304 g/mol. The van der Waals surface area contributed by atoms with Crippen LogP contribution in [-0.2, 0) is 6.54 Å². The molecule has 0 aliphatic rings. The largest absolute Gasteiger partial charge is 0.496 e. The molecule has 112 valence electrons. The van der Waals surface area contributed by atoms with Crippen molar-refractivity contribution in [2.24, 2.45) is 0 Å². The summed E-state index contributed by atoms with van der Waals surface area (Å²) in [7, 11) is 1.67. The molecule has 4 nitrogen and oxygen atoms in total. The lowest BCUT2D eigenvalue weighted by atomic mass is 10.2. The van der Waals surface area contributed by atoms with E-state index in [-0.39, 0.29) is 6.61 Å². The van der Waals surface area contributed by atoms with Crippen molar-refractivity contribution in [2.75, 3.05) is 26.8 Å². The first-order valence-corrected chi connectivity index (χ1v) is 7.68. The van der Waals surface area contributed by atoms with Crippen molar-refractivity contribution < 1.29 is 9.84 Å². The van der Waals surface area contributed by atoms with E-state index < -0.39 is 0 Å². The minimum Gasteiger partial charge on any atom is -0.496 e. The van der Waals surface area contributed by atoms with Gasteiger partial charge in [0.2, 0.25) is 0 Å². The standard InChI is InChI=1S/C16H20N2O2S/c1-3-8-18(9-10-19)11-13-12-21-16(17-13)14-6-4-5-7-15(14)20-2/h3-7,12,19H,1,8-11H2,2H3. The summed E-state index contributed by atoms with van der Waals surface area (Å²) in [6.07, 6.45) is 1.84. The van der Waals surface area contributed by atoms with Crippen LogP contribution in [-0.4, -0.2) is 41.8 Å². The number of hydrogen-bond acceptors (Lipinski definition) is 5. The molecule has 0 unspecified atom stereocenters. The summed E-state index contributed by atoms with van der Waals surface area (Å²) in [6.45, 7) is 5.94. The van der Waals surface area contributed by atoms with Gasteiger partial charge in [-0.3, -0.25) is 4.90 Å². The van der Waals surface area contributed by atoms with Crippen molar-refractivity contribution in [1.82, 2.24) is 9.88 Å². The van der Waals surface area contributed by atoms with E-state index in [1.54, 1.807) is 18.4 Å². The minimum absolute atomic E-state index is 0.136. The van der Waals surface area contributed by atoms with Gasteiger partial charge < -0.3 is 9.84 Å². The molecular weight excluding hydrogens is 284 g/mol. The molecule has 21 heavy (non-hydrogen) atoms. The molecule has 0 amide bonds. The summed E-state index contributed by atoms with van der Waals surface area (Å²) in [4.78, 5) is 6.78. The maximum absolute atomic E-state index is 9.08. The lowest BCUT2D eigenvalue weighted by molar-refractivity contribution is 0.202. The van der Waals surface area contributed by atoms with Crippen LogP contribution in [0.3, 0.4) is 0 Å². The first-order chi connectivity index (χ1) is 10.3. The number of hydrogen-bond donors (Lipinski definition) is 1. The van der Waals surface area contributed by atoms with E-state index in [0.717, 1.165) is 28.6 Å². The highest BCUT2D eigenvalue weighted by molar-refractivity contribution is 7.13. The third-order valence-corrected chi connectivity index (χ3v) is 4.00. The Morgan fingerprint density at radius 2 is 2.24 bits per heavy atom. The second kappa shape index (κ2) is 7.93. The highest BCUT2D eigenvalue weighted by Crippen LogP contribution is 2.32. The number of methoxy groups -OCH3 is 1. The maximum atomic E-state index is 9.08. The summed E-state index contributed by atoms with van der Waals surface area (Å²) in [5.74, 6) is 0.830. The van der Waals surface area contributed by atoms with Crippen LogP contribution in [0.15, 0.2) is 42.3 Å². The van der Waals surface area contributed by atoms with Gasteiger partial charge in [-0.2, -0.15) is 0 Å². The summed E-state index contributed by atoms with van der Waals surface area (Å²) in [5.41, 5.74) is 2.00. The smallest absolute Gasteiger partial charge is 0.129 e. The normalized spacial score (nSPS) is 10.8. The molecule has 1 N–H and O–H groups in total. The van der Waals surface area contributed by atoms with Crippen LogP contribution >= 0.6 is 11.3 Å². The van der Waals surface area contributed by atoms with E-state index in [4.69, 9.17) is 9.84 Å². The minimum atomic E-state index is 0.136. The number of nitrogens with zero attached hydrogens (tertiary/aromatic N) is 2. The molecule has 0 aliphatic heterocycles. The van der Waals surface area contributed by atoms with Crippen molar-refractivity contribution in [3.63, 3.8) is 0 Å². The van der Waals surface area contributed by atoms with Gasteiger partial charge in [0.05, 0.1) is 25.0 Å². The zero-order valence-corrected chi connectivity index (χ0v) is 13.0. The van der Waals surface area contributed by atoms with Crippen LogP contribution < -0.4 is 4.74 Å². The molecule has 0 fully saturated rings. The topological polar surface area (TPSA) is 45.6 Å². The van der Waals surface area contributed by atoms with Crippen LogP contribution in [0, 0.1) is 0 Å². The Hall–Kier alpha value is -1.69. The average Bonchev–Trinajstić information content (AvgIpc) is 2.96. The third-order valence-electron chi connectivity index (χ3n) is 3.08. The lowest BCUT2D eigenvalue weighted by Gasteiger charge is -2.17. The number of ether oxygens (including phenoxy) is 1. The number of rotatable bonds is 8. The van der Waals surface area contributed by atoms with E-state index in [0.29, 0.717) is 13.1 Å². The van der Waals surface area contributed by atoms with Crippen molar-refractivity contribution in [1.29, 1.82) is 0 Å². The van der Waals surface area contributed by atoms with Gasteiger partial charge in [0.1, 0.15) is 10.8 Å². The fourth-order valence-electron chi connectivity index (χ4n) is 2.11. The van der Waals surface area contributed by atoms with E-state index >= 15 is 0 Å². The molecule has 2 rings (SSSR count). The molecule has 1 heterocycles. The van der Waals surface area contributed by atoms with Gasteiger partial charge in [-0.25, -0.2) is 4.98 Å². The molecule has 0 saturated carbocycles. The van der Waals surface area contributed by atoms with Crippen LogP contribution in [0.2, 0.25) is 0 Å². The molecule has 0 bridgehead atoms. The van der Waals surface area contributed by atoms with Gasteiger partial charge in [-0.05, 0) is 12.1 Å². The predicted molar refractivity (Wildman–Crippen MR) is 86.7 cm³/mol. The number of aromatic nitrogens is 1. The quantitative estimate of drug-likeness (QED) is 0.762. The monoisotopic (exact) mass is 304 g/mol. The van der Waals surface area contributed by atoms with Crippen molar-refractivity contribution in [3.8, 4) is 16.3 Å². The third kappa shape index (κ3) is 4.14. The predicted octanol–water partition coefficient (Wildman–Crippen LogP) is 2.80. The van der Waals surface area contributed by atoms with Gasteiger partial charge in [0.15, 0.2) is 0 Å². The number of benzene rings is 1. The Labute approximate surface area is 129 Å². The van der Waals surface area contributed by atoms with Crippen LogP contribution in [0.25, 0.3) is 10.6 Å². The highest BCUT2D eigenvalue weighted by Gasteiger charge is 2.11. The number of para-hydroxylation sites is 1. The van der Waals surface area contributed by atoms with Gasteiger partial charge >= 0.3 is 0 Å². The fraction of sp³-hybridized carbons (Fsp3) is 0.312. The molecule has 0 atom stereocenters. The summed E-state index contributed by atoms with van der Waals surface area (Å²) in [5, 5.41) is 12.1. The van der Waals surface area contributed by atoms with Crippen LogP contribution in [0.4, 0.5) is 0 Å². The van der Waals surface area contributed by atoms with Gasteiger partial charge in [-0.1, -0.05) is 18.2 Å². The summed E-state index contributed by atoms with van der Waals surface area (Å²) < 4.78 is 5.38. The zero-order chi connectivity index (χ0) is 15.1. The number of aliphatic hydroxyl groups is 1. The molecule has 1 aromatic heterocycles. The first-order valence-electron chi connectivity index (χ1n) is 6.80. The Balaban J connectivity index is 2.15. The SMILES string of the molecule is C=CCN(CCO)Cc1csc(-c2ccccc2OC)n1. The Kier molecular flexibility index (Phi) is 5.92. The van der Waals surface area contributed by atoms with E-state index in [9.17, 15) is 0 Å². The van der Waals surface area contributed by atoms with Crippen molar-refractivity contribution in [3.05, 3.63) is 48.0 Å². The number of thiazole rings is 1. The second-order valence-corrected chi connectivity index (χ2v) is 5.45. The van der Waals surface area contributed by atoms with Crippen molar-refractivity contribution in [2.45, 2.75) is 6.54 Å². The summed E-state index contributed by atoms with van der Waals surface area (Å²) in [6, 6.07) is 7.88. The molecule has 1 aromatic carbocycles. The second-order valence-electron chi connectivity index (χ2n) is 4.59. The Bertz CT molecular complexity index is 583. The molecule has 0 aliphatic carbocycles. The van der Waals surface area contributed by atoms with E-state index in [1.807, 2.05) is 30.3 Å². The Morgan fingerprint density at radius 3 is 2.95 bits per heavy atom. The molecule has 5 heteroatoms. The lowest BCUT2D eigenvalue weighted by Crippen LogP contribution is -2.26. The Morgan fingerprint density at radius 1 is 1.43 bits per heavy atom. The van der Waals surface area contributed by atoms with Gasteiger partial charge in [0, 0.05) is 25.0 Å². The first kappa shape index (κ1) is 15.7. The maximum Gasteiger partial charge on any atom is 0.129 e. The summed E-state index contributed by atoms with van der Waals surface area (Å²) >= 11 is 1.60. The molecule has 0 spiro atoms. The van der Waals surface area contributed by atoms with Crippen LogP contribution in [0.5, 0.6) is 5.75 Å². The zero-order valence-electron chi connectivity index (χ0n) is 12.2. The van der Waals surface area contributed by atoms with Crippen LogP contribution in [0.1, 0.15) is 5.69 Å². The van der Waals surface area contributed by atoms with E-state index in [1.165, 1.54) is 0 Å². The number of aliphatic hydroxyl groups excluding tert-OH is 1. The van der Waals surface area contributed by atoms with E-state index in [2.05, 4.69) is 21.8 Å². The highest BCUT2D eigenvalue weighted by atomic mass is 32.1. The molecular formula is C16H20N2O2S. The molecule has 0 saturated heterocycles. The fourth-order valence-corrected chi connectivity index (χ4v) is 2.95. The molecule has 2 aromatic rings. The van der Waals surface area contributed by atoms with Gasteiger partial charge in [-0.15, -0.1) is 17.9 Å². The van der Waals surface area contributed by atoms with Gasteiger partial charge in [0.25, 0.3) is 0 Å².